The molecule has 6 heteroatoms. The van der Waals surface area contributed by atoms with Gasteiger partial charge >= 0.3 is 0 Å². The summed E-state index contributed by atoms with van der Waals surface area (Å²) < 4.78 is 28.0. The topological polar surface area (TPSA) is 79.5 Å². The first kappa shape index (κ1) is 14.8. The molecule has 5 nitrogen and oxygen atoms in total. The van der Waals surface area contributed by atoms with Gasteiger partial charge in [-0.25, -0.2) is 8.42 Å². The molecule has 0 saturated heterocycles. The van der Waals surface area contributed by atoms with Gasteiger partial charge in [-0.2, -0.15) is 0 Å². The number of sulfone groups is 1. The zero-order chi connectivity index (χ0) is 14.6. The monoisotopic (exact) mass is 295 g/mol. The Morgan fingerprint density at radius 2 is 1.70 bits per heavy atom. The standard InChI is InChI=1S/C14H17NO4S/c1-20(17,18)14-6-2-11(3-7-14)8-15-9-12-4-5-13(10-16)19-12/h2-7,15-16H,8-10H2,1H3. The minimum atomic E-state index is -3.14. The Labute approximate surface area is 118 Å². The fourth-order valence-corrected chi connectivity index (χ4v) is 2.42. The average Bonchev–Trinajstić information content (AvgIpc) is 2.86. The first-order chi connectivity index (χ1) is 9.49. The minimum Gasteiger partial charge on any atom is -0.462 e. The van der Waals surface area contributed by atoms with Gasteiger partial charge in [0, 0.05) is 12.8 Å². The van der Waals surface area contributed by atoms with Crippen LogP contribution in [0.2, 0.25) is 0 Å². The van der Waals surface area contributed by atoms with E-state index in [4.69, 9.17) is 9.52 Å². The number of aliphatic hydroxyl groups excluding tert-OH is 1. The molecule has 0 spiro atoms. The molecule has 2 N–H and O–H groups in total. The Hall–Kier alpha value is -1.63. The van der Waals surface area contributed by atoms with Crippen molar-refractivity contribution < 1.29 is 17.9 Å². The van der Waals surface area contributed by atoms with E-state index in [1.54, 1.807) is 30.3 Å². The van der Waals surface area contributed by atoms with Crippen LogP contribution in [0.5, 0.6) is 0 Å². The van der Waals surface area contributed by atoms with E-state index in [1.807, 2.05) is 6.07 Å². The molecule has 0 aliphatic carbocycles. The van der Waals surface area contributed by atoms with E-state index in [-0.39, 0.29) is 6.61 Å². The molecule has 2 aromatic rings. The molecular formula is C14H17NO4S. The van der Waals surface area contributed by atoms with Crippen LogP contribution < -0.4 is 5.32 Å². The van der Waals surface area contributed by atoms with E-state index < -0.39 is 9.84 Å². The fraction of sp³-hybridized carbons (Fsp3) is 0.286. The van der Waals surface area contributed by atoms with Gasteiger partial charge in [-0.3, -0.25) is 0 Å². The molecule has 0 amide bonds. The lowest BCUT2D eigenvalue weighted by Crippen LogP contribution is -2.12. The Morgan fingerprint density at radius 3 is 2.25 bits per heavy atom. The van der Waals surface area contributed by atoms with Gasteiger partial charge in [-0.15, -0.1) is 0 Å². The summed E-state index contributed by atoms with van der Waals surface area (Å²) in [6.07, 6.45) is 1.19. The molecule has 0 bridgehead atoms. The molecule has 0 radical (unpaired) electrons. The first-order valence-corrected chi connectivity index (χ1v) is 8.06. The number of rotatable bonds is 6. The molecule has 0 fully saturated rings. The third-order valence-corrected chi connectivity index (χ3v) is 3.98. The second-order valence-corrected chi connectivity index (χ2v) is 6.56. The number of nitrogens with one attached hydrogen (secondary N) is 1. The van der Waals surface area contributed by atoms with Crippen LogP contribution in [0.3, 0.4) is 0 Å². The van der Waals surface area contributed by atoms with E-state index in [9.17, 15) is 8.42 Å². The van der Waals surface area contributed by atoms with Gasteiger partial charge in [0.15, 0.2) is 9.84 Å². The van der Waals surface area contributed by atoms with Crippen LogP contribution in [-0.4, -0.2) is 19.8 Å². The van der Waals surface area contributed by atoms with Crippen molar-refractivity contribution in [2.45, 2.75) is 24.6 Å². The summed E-state index contributed by atoms with van der Waals surface area (Å²) in [6.45, 7) is 1.06. The van der Waals surface area contributed by atoms with E-state index >= 15 is 0 Å². The van der Waals surface area contributed by atoms with Crippen molar-refractivity contribution in [2.75, 3.05) is 6.26 Å². The predicted molar refractivity (Wildman–Crippen MR) is 74.7 cm³/mol. The average molecular weight is 295 g/mol. The lowest BCUT2D eigenvalue weighted by atomic mass is 10.2. The first-order valence-electron chi connectivity index (χ1n) is 6.17. The molecule has 108 valence electrons. The molecule has 0 atom stereocenters. The third-order valence-electron chi connectivity index (χ3n) is 2.85. The minimum absolute atomic E-state index is 0.104. The summed E-state index contributed by atoms with van der Waals surface area (Å²) in [5.74, 6) is 1.29. The SMILES string of the molecule is CS(=O)(=O)c1ccc(CNCc2ccc(CO)o2)cc1. The molecular weight excluding hydrogens is 278 g/mol. The van der Waals surface area contributed by atoms with Gasteiger partial charge in [0.2, 0.25) is 0 Å². The maximum Gasteiger partial charge on any atom is 0.175 e. The van der Waals surface area contributed by atoms with Gasteiger partial charge in [0.05, 0.1) is 11.4 Å². The number of benzene rings is 1. The van der Waals surface area contributed by atoms with Crippen molar-refractivity contribution in [3.63, 3.8) is 0 Å². The summed E-state index contributed by atoms with van der Waals surface area (Å²) in [6, 6.07) is 10.3. The van der Waals surface area contributed by atoms with Crippen LogP contribution in [0.1, 0.15) is 17.1 Å². The predicted octanol–water partition coefficient (Wildman–Crippen LogP) is 1.47. The highest BCUT2D eigenvalue weighted by atomic mass is 32.2. The number of hydrogen-bond acceptors (Lipinski definition) is 5. The van der Waals surface area contributed by atoms with Gasteiger partial charge in [0.25, 0.3) is 0 Å². The largest absolute Gasteiger partial charge is 0.462 e. The molecule has 1 heterocycles. The quantitative estimate of drug-likeness (QED) is 0.843. The Balaban J connectivity index is 1.88. The maximum absolute atomic E-state index is 11.3. The molecule has 0 unspecified atom stereocenters. The second kappa shape index (κ2) is 6.21. The number of hydrogen-bond donors (Lipinski definition) is 2. The summed E-state index contributed by atoms with van der Waals surface area (Å²) >= 11 is 0. The lowest BCUT2D eigenvalue weighted by molar-refractivity contribution is 0.242. The van der Waals surface area contributed by atoms with Gasteiger partial charge < -0.3 is 14.8 Å². The lowest BCUT2D eigenvalue weighted by Gasteiger charge is -2.04. The van der Waals surface area contributed by atoms with Crippen molar-refractivity contribution in [2.24, 2.45) is 0 Å². The zero-order valence-electron chi connectivity index (χ0n) is 11.2. The Kier molecular flexibility index (Phi) is 4.59. The van der Waals surface area contributed by atoms with Crippen LogP contribution in [0.4, 0.5) is 0 Å². The van der Waals surface area contributed by atoms with Crippen molar-refractivity contribution in [1.82, 2.24) is 5.32 Å². The molecule has 2 rings (SSSR count). The van der Waals surface area contributed by atoms with E-state index in [1.165, 1.54) is 6.26 Å². The number of aliphatic hydroxyl groups is 1. The summed E-state index contributed by atoms with van der Waals surface area (Å²) in [5, 5.41) is 12.1. The highest BCUT2D eigenvalue weighted by Gasteiger charge is 2.06. The van der Waals surface area contributed by atoms with Crippen LogP contribution in [0, 0.1) is 0 Å². The molecule has 0 aliphatic heterocycles. The van der Waals surface area contributed by atoms with Crippen molar-refractivity contribution >= 4 is 9.84 Å². The van der Waals surface area contributed by atoms with Crippen LogP contribution in [-0.2, 0) is 29.5 Å². The second-order valence-electron chi connectivity index (χ2n) is 4.55. The maximum atomic E-state index is 11.3. The van der Waals surface area contributed by atoms with Gasteiger partial charge in [0.1, 0.15) is 18.1 Å². The molecule has 1 aromatic heterocycles. The summed E-state index contributed by atoms with van der Waals surface area (Å²) in [7, 11) is -3.14. The van der Waals surface area contributed by atoms with Crippen LogP contribution >= 0.6 is 0 Å². The molecule has 0 saturated carbocycles. The van der Waals surface area contributed by atoms with Gasteiger partial charge in [-0.05, 0) is 29.8 Å². The Bertz CT molecular complexity index is 659. The zero-order valence-corrected chi connectivity index (χ0v) is 12.0. The van der Waals surface area contributed by atoms with Crippen molar-refractivity contribution in [1.29, 1.82) is 0 Å². The smallest absolute Gasteiger partial charge is 0.175 e. The molecule has 20 heavy (non-hydrogen) atoms. The highest BCUT2D eigenvalue weighted by molar-refractivity contribution is 7.90. The molecule has 1 aromatic carbocycles. The van der Waals surface area contributed by atoms with E-state index in [0.717, 1.165) is 11.3 Å². The molecule has 0 aliphatic rings. The number of furan rings is 1. The van der Waals surface area contributed by atoms with Crippen molar-refractivity contribution in [3.8, 4) is 0 Å². The van der Waals surface area contributed by atoms with E-state index in [0.29, 0.717) is 23.7 Å². The normalized spacial score (nSPS) is 11.7. The highest BCUT2D eigenvalue weighted by Crippen LogP contribution is 2.11. The Morgan fingerprint density at radius 1 is 1.05 bits per heavy atom. The van der Waals surface area contributed by atoms with E-state index in [2.05, 4.69) is 5.32 Å². The van der Waals surface area contributed by atoms with Crippen LogP contribution in [0.15, 0.2) is 45.7 Å². The van der Waals surface area contributed by atoms with Gasteiger partial charge in [-0.1, -0.05) is 12.1 Å². The summed E-state index contributed by atoms with van der Waals surface area (Å²) in [4.78, 5) is 0.319. The van der Waals surface area contributed by atoms with Crippen molar-refractivity contribution in [3.05, 3.63) is 53.5 Å². The fourth-order valence-electron chi connectivity index (χ4n) is 1.79. The summed E-state index contributed by atoms with van der Waals surface area (Å²) in [5.41, 5.74) is 0.992. The van der Waals surface area contributed by atoms with Crippen LogP contribution in [0.25, 0.3) is 0 Å². The third kappa shape index (κ3) is 3.93.